The molecule has 0 radical (unpaired) electrons. The van der Waals surface area contributed by atoms with Crippen LogP contribution in [0, 0.1) is 6.92 Å². The highest BCUT2D eigenvalue weighted by Crippen LogP contribution is 2.33. The molecule has 2 aliphatic rings. The fraction of sp³-hybridized carbons (Fsp3) is 0.400. The van der Waals surface area contributed by atoms with E-state index in [4.69, 9.17) is 9.97 Å². The lowest BCUT2D eigenvalue weighted by molar-refractivity contribution is 0.683. The fourth-order valence-electron chi connectivity index (χ4n) is 3.86. The number of aryl methyl sites for hydroxylation is 1. The molecule has 4 heterocycles. The van der Waals surface area contributed by atoms with Crippen LogP contribution >= 0.6 is 11.3 Å². The lowest BCUT2D eigenvalue weighted by Crippen LogP contribution is -2.28. The van der Waals surface area contributed by atoms with Crippen LogP contribution in [0.2, 0.25) is 0 Å². The topological polar surface area (TPSA) is 70.2 Å². The highest BCUT2D eigenvalue weighted by atomic mass is 32.2. The van der Waals surface area contributed by atoms with Crippen molar-refractivity contribution in [2.45, 2.75) is 30.8 Å². The summed E-state index contributed by atoms with van der Waals surface area (Å²) in [6, 6.07) is 10.5. The molecule has 2 aliphatic heterocycles. The number of benzene rings is 1. The molecule has 0 aliphatic carbocycles. The number of rotatable bonds is 3. The molecule has 2 aromatic heterocycles. The summed E-state index contributed by atoms with van der Waals surface area (Å²) in [5.41, 5.74) is 2.08. The van der Waals surface area contributed by atoms with E-state index < -0.39 is 10.8 Å². The first kappa shape index (κ1) is 18.0. The summed E-state index contributed by atoms with van der Waals surface area (Å²) >= 11 is 1.74. The van der Waals surface area contributed by atoms with Gasteiger partial charge >= 0.3 is 0 Å². The average molecular weight is 414 g/mol. The number of thiophene rings is 1. The lowest BCUT2D eigenvalue weighted by Gasteiger charge is -2.22. The van der Waals surface area contributed by atoms with Gasteiger partial charge in [-0.1, -0.05) is 18.2 Å². The maximum absolute atomic E-state index is 12.6. The first-order chi connectivity index (χ1) is 13.7. The molecule has 0 spiro atoms. The summed E-state index contributed by atoms with van der Waals surface area (Å²) in [5, 5.41) is 7.03. The van der Waals surface area contributed by atoms with E-state index in [0.717, 1.165) is 46.0 Å². The number of aromatic nitrogens is 2. The minimum Gasteiger partial charge on any atom is -0.365 e. The zero-order valence-electron chi connectivity index (χ0n) is 15.8. The van der Waals surface area contributed by atoms with Crippen molar-refractivity contribution in [2.75, 3.05) is 35.6 Å². The molecule has 1 saturated heterocycles. The predicted molar refractivity (Wildman–Crippen MR) is 116 cm³/mol. The smallest absolute Gasteiger partial charge is 0.228 e. The molecule has 5 rings (SSSR count). The molecule has 3 aromatic rings. The van der Waals surface area contributed by atoms with E-state index in [-0.39, 0.29) is 0 Å². The first-order valence-corrected chi connectivity index (χ1v) is 11.8. The largest absolute Gasteiger partial charge is 0.365 e. The SMILES string of the molecule is Cc1cc2nc(N3CCS(=O)c4ccccc4C3)nc(N[C@H]3CCNC3)c2s1. The van der Waals surface area contributed by atoms with Crippen molar-refractivity contribution in [2.24, 2.45) is 0 Å². The van der Waals surface area contributed by atoms with E-state index >= 15 is 0 Å². The average Bonchev–Trinajstić information content (AvgIpc) is 3.30. The fourth-order valence-corrected chi connectivity index (χ4v) is 6.03. The quantitative estimate of drug-likeness (QED) is 0.688. The molecule has 1 aromatic carbocycles. The van der Waals surface area contributed by atoms with Gasteiger partial charge in [-0.05, 0) is 37.6 Å². The zero-order chi connectivity index (χ0) is 19.1. The second kappa shape index (κ2) is 7.42. The van der Waals surface area contributed by atoms with Gasteiger partial charge in [0.05, 0.1) is 21.0 Å². The highest BCUT2D eigenvalue weighted by molar-refractivity contribution is 7.85. The van der Waals surface area contributed by atoms with Gasteiger partial charge < -0.3 is 15.5 Å². The summed E-state index contributed by atoms with van der Waals surface area (Å²) in [4.78, 5) is 14.1. The van der Waals surface area contributed by atoms with E-state index in [9.17, 15) is 4.21 Å². The summed E-state index contributed by atoms with van der Waals surface area (Å²) < 4.78 is 13.7. The molecular weight excluding hydrogens is 390 g/mol. The van der Waals surface area contributed by atoms with Gasteiger partial charge in [-0.2, -0.15) is 4.98 Å². The predicted octanol–water partition coefficient (Wildman–Crippen LogP) is 2.90. The van der Waals surface area contributed by atoms with Crippen LogP contribution in [0.3, 0.4) is 0 Å². The Hall–Kier alpha value is -2.03. The maximum atomic E-state index is 12.6. The number of hydrogen-bond acceptors (Lipinski definition) is 7. The third-order valence-electron chi connectivity index (χ3n) is 5.29. The van der Waals surface area contributed by atoms with Crippen LogP contribution in [0.5, 0.6) is 0 Å². The summed E-state index contributed by atoms with van der Waals surface area (Å²) in [6.07, 6.45) is 1.10. The van der Waals surface area contributed by atoms with Gasteiger partial charge in [-0.3, -0.25) is 4.21 Å². The Bertz CT molecular complexity index is 1040. The molecule has 6 nitrogen and oxygen atoms in total. The maximum Gasteiger partial charge on any atom is 0.228 e. The molecular formula is C20H23N5OS2. The molecule has 0 bridgehead atoms. The van der Waals surface area contributed by atoms with E-state index in [1.807, 2.05) is 18.2 Å². The third kappa shape index (κ3) is 3.40. The molecule has 2 N–H and O–H groups in total. The van der Waals surface area contributed by atoms with Gasteiger partial charge in [-0.25, -0.2) is 4.98 Å². The van der Waals surface area contributed by atoms with Crippen molar-refractivity contribution in [1.82, 2.24) is 15.3 Å². The molecule has 0 saturated carbocycles. The van der Waals surface area contributed by atoms with Crippen molar-refractivity contribution in [1.29, 1.82) is 0 Å². The van der Waals surface area contributed by atoms with Gasteiger partial charge in [0.25, 0.3) is 0 Å². The van der Waals surface area contributed by atoms with Crippen LogP contribution in [0.1, 0.15) is 16.9 Å². The number of hydrogen-bond donors (Lipinski definition) is 2. The van der Waals surface area contributed by atoms with E-state index in [1.54, 1.807) is 11.3 Å². The molecule has 0 amide bonds. The molecule has 8 heteroatoms. The van der Waals surface area contributed by atoms with E-state index in [0.29, 0.717) is 30.8 Å². The minimum atomic E-state index is -0.978. The molecule has 1 unspecified atom stereocenters. The minimum absolute atomic E-state index is 0.394. The Morgan fingerprint density at radius 1 is 1.32 bits per heavy atom. The highest BCUT2D eigenvalue weighted by Gasteiger charge is 2.23. The molecule has 1 fully saturated rings. The van der Waals surface area contributed by atoms with Gasteiger partial charge in [0.15, 0.2) is 0 Å². The Labute approximate surface area is 170 Å². The Balaban J connectivity index is 1.54. The van der Waals surface area contributed by atoms with Crippen LogP contribution in [-0.2, 0) is 17.3 Å². The number of fused-ring (bicyclic) bond motifs is 2. The van der Waals surface area contributed by atoms with Crippen molar-refractivity contribution in [3.8, 4) is 0 Å². The van der Waals surface area contributed by atoms with Crippen LogP contribution < -0.4 is 15.5 Å². The summed E-state index contributed by atoms with van der Waals surface area (Å²) in [7, 11) is -0.978. The second-order valence-corrected chi connectivity index (χ2v) is 10.2. The zero-order valence-corrected chi connectivity index (χ0v) is 17.4. The lowest BCUT2D eigenvalue weighted by atomic mass is 10.2. The van der Waals surface area contributed by atoms with Crippen LogP contribution in [0.15, 0.2) is 35.2 Å². The number of anilines is 2. The van der Waals surface area contributed by atoms with Crippen molar-refractivity contribution in [3.63, 3.8) is 0 Å². The summed E-state index contributed by atoms with van der Waals surface area (Å²) in [5.74, 6) is 2.23. The molecule has 146 valence electrons. The number of nitrogens with one attached hydrogen (secondary N) is 2. The van der Waals surface area contributed by atoms with Crippen molar-refractivity contribution >= 4 is 44.1 Å². The van der Waals surface area contributed by atoms with Gasteiger partial charge in [-0.15, -0.1) is 11.3 Å². The molecule has 28 heavy (non-hydrogen) atoms. The monoisotopic (exact) mass is 413 g/mol. The van der Waals surface area contributed by atoms with Crippen LogP contribution in [0.4, 0.5) is 11.8 Å². The van der Waals surface area contributed by atoms with Crippen LogP contribution in [-0.4, -0.2) is 45.6 Å². The standard InChI is InChI=1S/C20H23N5OS2/c1-13-10-16-18(27-13)19(22-15-6-7-21-11-15)24-20(23-16)25-8-9-28(26)17-5-3-2-4-14(17)12-25/h2-5,10,15,21H,6-9,11-12H2,1H3,(H,22,23,24)/t15-,28?/m0/s1. The Morgan fingerprint density at radius 2 is 2.21 bits per heavy atom. The van der Waals surface area contributed by atoms with Crippen LogP contribution in [0.25, 0.3) is 10.2 Å². The van der Waals surface area contributed by atoms with Crippen molar-refractivity contribution in [3.05, 3.63) is 40.8 Å². The Morgan fingerprint density at radius 3 is 3.07 bits per heavy atom. The van der Waals surface area contributed by atoms with E-state index in [1.165, 1.54) is 4.88 Å². The van der Waals surface area contributed by atoms with E-state index in [2.05, 4.69) is 34.6 Å². The number of nitrogens with zero attached hydrogens (tertiary/aromatic N) is 3. The second-order valence-electron chi connectivity index (χ2n) is 7.36. The first-order valence-electron chi connectivity index (χ1n) is 9.64. The van der Waals surface area contributed by atoms with Gasteiger partial charge in [0.2, 0.25) is 5.95 Å². The van der Waals surface area contributed by atoms with Gasteiger partial charge in [0.1, 0.15) is 5.82 Å². The normalized spacial score (nSPS) is 22.2. The van der Waals surface area contributed by atoms with Gasteiger partial charge in [0, 0.05) is 41.2 Å². The third-order valence-corrected chi connectivity index (χ3v) is 7.78. The molecule has 2 atom stereocenters. The summed E-state index contributed by atoms with van der Waals surface area (Å²) in [6.45, 7) is 5.47. The van der Waals surface area contributed by atoms with Crippen molar-refractivity contribution < 1.29 is 4.21 Å². The Kier molecular flexibility index (Phi) is 4.78.